The van der Waals surface area contributed by atoms with E-state index in [-0.39, 0.29) is 11.8 Å². The van der Waals surface area contributed by atoms with Crippen molar-refractivity contribution in [3.8, 4) is 10.4 Å². The molecule has 2 heterocycles. The first-order chi connectivity index (χ1) is 12.5. The van der Waals surface area contributed by atoms with Gasteiger partial charge < -0.3 is 0 Å². The van der Waals surface area contributed by atoms with Crippen LogP contribution in [0.15, 0.2) is 35.7 Å². The number of piperidine rings is 1. The molecular weight excluding hydrogens is 407 g/mol. The third kappa shape index (κ3) is 4.99. The first-order valence-electron chi connectivity index (χ1n) is 9.01. The minimum atomic E-state index is 0.0845. The van der Waals surface area contributed by atoms with E-state index in [2.05, 4.69) is 35.0 Å². The molecule has 138 valence electrons. The number of anilines is 1. The standard InChI is InChI=1S/C20H25AsN2O2S/c1-14(24)23-10-8-15(9-11-23)4-7-20(25)22-18-13-16(5-6-17(18)21)19-3-2-12-26-19/h2-3,5-6,12-13,15H,4,7-11,21H2,1H3,(H,22,25). The summed E-state index contributed by atoms with van der Waals surface area (Å²) >= 11 is 3.22. The van der Waals surface area contributed by atoms with E-state index in [1.54, 1.807) is 18.3 Å². The van der Waals surface area contributed by atoms with Crippen LogP contribution in [-0.4, -0.2) is 46.7 Å². The maximum absolute atomic E-state index is 12.4. The van der Waals surface area contributed by atoms with Gasteiger partial charge >= 0.3 is 168 Å². The third-order valence-electron chi connectivity index (χ3n) is 4.97. The molecule has 1 aromatic heterocycles. The fraction of sp³-hybridized carbons (Fsp3) is 0.400. The average Bonchev–Trinajstić information content (AvgIpc) is 3.17. The number of nitrogens with zero attached hydrogens (tertiary/aromatic N) is 1. The molecular formula is C20H25AsN2O2S. The number of likely N-dealkylation sites (tertiary alicyclic amines) is 1. The summed E-state index contributed by atoms with van der Waals surface area (Å²) in [6.07, 6.45) is 3.44. The molecule has 1 unspecified atom stereocenters. The summed E-state index contributed by atoms with van der Waals surface area (Å²) in [6, 6.07) is 10.4. The van der Waals surface area contributed by atoms with E-state index in [1.807, 2.05) is 11.0 Å². The fourth-order valence-corrected chi connectivity index (χ4v) is 4.60. The molecule has 6 heteroatoms. The van der Waals surface area contributed by atoms with Gasteiger partial charge in [0.1, 0.15) is 0 Å². The van der Waals surface area contributed by atoms with Crippen molar-refractivity contribution in [3.05, 3.63) is 35.7 Å². The fourth-order valence-electron chi connectivity index (χ4n) is 3.35. The van der Waals surface area contributed by atoms with E-state index >= 15 is 0 Å². The van der Waals surface area contributed by atoms with Gasteiger partial charge in [0, 0.05) is 0 Å². The van der Waals surface area contributed by atoms with Crippen LogP contribution in [0.3, 0.4) is 0 Å². The Morgan fingerprint density at radius 1 is 1.27 bits per heavy atom. The van der Waals surface area contributed by atoms with Gasteiger partial charge in [-0.25, -0.2) is 0 Å². The number of benzene rings is 1. The molecule has 26 heavy (non-hydrogen) atoms. The van der Waals surface area contributed by atoms with Crippen LogP contribution in [-0.2, 0) is 9.59 Å². The van der Waals surface area contributed by atoms with Crippen LogP contribution in [0.2, 0.25) is 0 Å². The van der Waals surface area contributed by atoms with Crippen LogP contribution < -0.4 is 9.67 Å². The zero-order chi connectivity index (χ0) is 18.5. The van der Waals surface area contributed by atoms with Crippen molar-refractivity contribution < 1.29 is 9.59 Å². The Kier molecular flexibility index (Phi) is 6.55. The Morgan fingerprint density at radius 2 is 2.04 bits per heavy atom. The molecule has 0 saturated carbocycles. The number of rotatable bonds is 5. The van der Waals surface area contributed by atoms with Crippen LogP contribution in [0, 0.1) is 5.92 Å². The second-order valence-electron chi connectivity index (χ2n) is 6.82. The number of carbonyl (C=O) groups is 2. The Balaban J connectivity index is 1.52. The van der Waals surface area contributed by atoms with Gasteiger partial charge in [-0.05, 0) is 0 Å². The van der Waals surface area contributed by atoms with Crippen molar-refractivity contribution in [1.82, 2.24) is 4.90 Å². The molecule has 1 fully saturated rings. The normalized spacial score (nSPS) is 15.1. The Bertz CT molecular complexity index is 768. The van der Waals surface area contributed by atoms with E-state index in [0.29, 0.717) is 12.3 Å². The Hall–Kier alpha value is -1.58. The van der Waals surface area contributed by atoms with Gasteiger partial charge in [0.25, 0.3) is 0 Å². The van der Waals surface area contributed by atoms with Crippen molar-refractivity contribution in [2.24, 2.45) is 5.92 Å². The van der Waals surface area contributed by atoms with Gasteiger partial charge in [-0.1, -0.05) is 0 Å². The molecule has 1 N–H and O–H groups in total. The quantitative estimate of drug-likeness (QED) is 0.739. The molecule has 0 radical (unpaired) electrons. The molecule has 2 amide bonds. The van der Waals surface area contributed by atoms with Gasteiger partial charge in [0.05, 0.1) is 0 Å². The summed E-state index contributed by atoms with van der Waals surface area (Å²) in [5.41, 5.74) is 2.07. The molecule has 0 spiro atoms. The number of nitrogens with one attached hydrogen (secondary N) is 1. The van der Waals surface area contributed by atoms with Crippen LogP contribution >= 0.6 is 11.3 Å². The molecule has 1 atom stereocenters. The zero-order valence-corrected chi connectivity index (χ0v) is 18.3. The first kappa shape index (κ1) is 19.2. The topological polar surface area (TPSA) is 49.4 Å². The molecule has 1 aliphatic rings. The number of hydrogen-bond donors (Lipinski definition) is 1. The van der Waals surface area contributed by atoms with Gasteiger partial charge in [-0.2, -0.15) is 0 Å². The molecule has 0 bridgehead atoms. The van der Waals surface area contributed by atoms with Gasteiger partial charge in [-0.15, -0.1) is 0 Å². The van der Waals surface area contributed by atoms with Gasteiger partial charge in [0.2, 0.25) is 0 Å². The molecule has 1 aliphatic heterocycles. The van der Waals surface area contributed by atoms with Crippen LogP contribution in [0.25, 0.3) is 10.4 Å². The predicted molar refractivity (Wildman–Crippen MR) is 111 cm³/mol. The van der Waals surface area contributed by atoms with Crippen molar-refractivity contribution in [3.63, 3.8) is 0 Å². The number of carbonyl (C=O) groups excluding carboxylic acids is 2. The third-order valence-corrected chi connectivity index (χ3v) is 6.95. The Labute approximate surface area is 167 Å². The molecule has 1 saturated heterocycles. The van der Waals surface area contributed by atoms with Crippen molar-refractivity contribution >= 4 is 50.0 Å². The minimum absolute atomic E-state index is 0.0845. The van der Waals surface area contributed by atoms with E-state index in [0.717, 1.165) is 48.0 Å². The second-order valence-corrected chi connectivity index (χ2v) is 9.07. The van der Waals surface area contributed by atoms with E-state index in [4.69, 9.17) is 0 Å². The molecule has 3 rings (SSSR count). The molecule has 4 nitrogen and oxygen atoms in total. The first-order valence-corrected chi connectivity index (χ1v) is 11.1. The SMILES string of the molecule is CC(=O)N1CCC(CCC(=O)Nc2cc(-c3cccs3)ccc2[AsH2])CC1. The van der Waals surface area contributed by atoms with Crippen molar-refractivity contribution in [2.75, 3.05) is 18.4 Å². The van der Waals surface area contributed by atoms with Crippen LogP contribution in [0.5, 0.6) is 0 Å². The zero-order valence-electron chi connectivity index (χ0n) is 15.0. The van der Waals surface area contributed by atoms with Crippen LogP contribution in [0.1, 0.15) is 32.6 Å². The van der Waals surface area contributed by atoms with E-state index in [1.165, 1.54) is 21.7 Å². The summed E-state index contributed by atoms with van der Waals surface area (Å²) < 4.78 is 1.14. The Morgan fingerprint density at radius 3 is 2.69 bits per heavy atom. The van der Waals surface area contributed by atoms with E-state index in [9.17, 15) is 9.59 Å². The van der Waals surface area contributed by atoms with Gasteiger partial charge in [-0.3, -0.25) is 0 Å². The number of hydrogen-bond acceptors (Lipinski definition) is 3. The van der Waals surface area contributed by atoms with Crippen molar-refractivity contribution in [2.45, 2.75) is 32.6 Å². The number of amides is 2. The molecule has 2 aromatic rings. The van der Waals surface area contributed by atoms with Crippen LogP contribution in [0.4, 0.5) is 5.69 Å². The number of thiophene rings is 1. The monoisotopic (exact) mass is 432 g/mol. The maximum atomic E-state index is 12.4. The predicted octanol–water partition coefficient (Wildman–Crippen LogP) is 2.65. The molecule has 0 aliphatic carbocycles. The summed E-state index contributed by atoms with van der Waals surface area (Å²) in [4.78, 5) is 26.9. The molecule has 1 aromatic carbocycles. The van der Waals surface area contributed by atoms with Crippen molar-refractivity contribution in [1.29, 1.82) is 0 Å². The summed E-state index contributed by atoms with van der Waals surface area (Å²) in [5, 5.41) is 5.16. The van der Waals surface area contributed by atoms with E-state index < -0.39 is 0 Å². The summed E-state index contributed by atoms with van der Waals surface area (Å²) in [6.45, 7) is 3.28. The summed E-state index contributed by atoms with van der Waals surface area (Å²) in [7, 11) is 0. The summed E-state index contributed by atoms with van der Waals surface area (Å²) in [5.74, 6) is 0.782. The second kappa shape index (κ2) is 8.87. The van der Waals surface area contributed by atoms with Gasteiger partial charge in [0.15, 0.2) is 0 Å². The average molecular weight is 432 g/mol.